The first-order chi connectivity index (χ1) is 5.59. The number of aryl methyl sites for hydroxylation is 2. The molecule has 1 heterocycles. The van der Waals surface area contributed by atoms with Gasteiger partial charge in [0.2, 0.25) is 0 Å². The van der Waals surface area contributed by atoms with Crippen LogP contribution < -0.4 is 0 Å². The number of pyridine rings is 1. The van der Waals surface area contributed by atoms with Crippen LogP contribution in [0.1, 0.15) is 17.0 Å². The van der Waals surface area contributed by atoms with E-state index in [2.05, 4.69) is 4.98 Å². The molecule has 0 aromatic carbocycles. The van der Waals surface area contributed by atoms with Crippen molar-refractivity contribution in [2.45, 2.75) is 20.3 Å². The van der Waals surface area contributed by atoms with Crippen molar-refractivity contribution < 1.29 is 9.90 Å². The highest BCUT2D eigenvalue weighted by Crippen LogP contribution is 2.06. The first-order valence-electron chi connectivity index (χ1n) is 3.74. The van der Waals surface area contributed by atoms with Gasteiger partial charge in [-0.3, -0.25) is 9.78 Å². The normalized spacial score (nSPS) is 9.83. The van der Waals surface area contributed by atoms with E-state index in [-0.39, 0.29) is 6.42 Å². The molecule has 0 amide bonds. The summed E-state index contributed by atoms with van der Waals surface area (Å²) in [5.74, 6) is -0.837. The van der Waals surface area contributed by atoms with Crippen molar-refractivity contribution in [3.63, 3.8) is 0 Å². The Morgan fingerprint density at radius 1 is 1.50 bits per heavy atom. The molecular weight excluding hydrogens is 154 g/mol. The summed E-state index contributed by atoms with van der Waals surface area (Å²) in [6.45, 7) is 3.72. The smallest absolute Gasteiger partial charge is 0.309 e. The summed E-state index contributed by atoms with van der Waals surface area (Å²) in [5, 5.41) is 8.54. The summed E-state index contributed by atoms with van der Waals surface area (Å²) in [4.78, 5) is 14.5. The molecule has 0 aliphatic heterocycles. The van der Waals surface area contributed by atoms with Gasteiger partial charge in [-0.15, -0.1) is 0 Å². The molecule has 0 unspecified atom stereocenters. The van der Waals surface area contributed by atoms with Gasteiger partial charge < -0.3 is 5.11 Å². The molecule has 3 nitrogen and oxygen atoms in total. The SMILES string of the molecule is Cc1ccc(C)c(CC(=O)O)n1. The summed E-state index contributed by atoms with van der Waals surface area (Å²) >= 11 is 0. The Balaban J connectivity index is 2.97. The number of carbonyl (C=O) groups is 1. The fourth-order valence-electron chi connectivity index (χ4n) is 1.00. The predicted octanol–water partition coefficient (Wildman–Crippen LogP) is 1.33. The fourth-order valence-corrected chi connectivity index (χ4v) is 1.00. The molecule has 0 saturated heterocycles. The summed E-state index contributed by atoms with van der Waals surface area (Å²) in [6.07, 6.45) is 0.00745. The zero-order chi connectivity index (χ0) is 9.14. The quantitative estimate of drug-likeness (QED) is 0.719. The molecule has 0 atom stereocenters. The molecule has 1 N–H and O–H groups in total. The Morgan fingerprint density at radius 2 is 2.17 bits per heavy atom. The van der Waals surface area contributed by atoms with Gasteiger partial charge in [0.1, 0.15) is 0 Å². The second-order valence-electron chi connectivity index (χ2n) is 2.79. The first-order valence-corrected chi connectivity index (χ1v) is 3.74. The lowest BCUT2D eigenvalue weighted by Gasteiger charge is -2.02. The molecule has 12 heavy (non-hydrogen) atoms. The molecule has 0 saturated carbocycles. The average Bonchev–Trinajstić information content (AvgIpc) is 1.96. The molecule has 0 spiro atoms. The van der Waals surface area contributed by atoms with Crippen molar-refractivity contribution in [1.29, 1.82) is 0 Å². The fraction of sp³-hybridized carbons (Fsp3) is 0.333. The van der Waals surface area contributed by atoms with E-state index in [1.165, 1.54) is 0 Å². The monoisotopic (exact) mass is 165 g/mol. The molecule has 3 heteroatoms. The topological polar surface area (TPSA) is 50.2 Å². The third kappa shape index (κ3) is 2.05. The Morgan fingerprint density at radius 3 is 2.75 bits per heavy atom. The Labute approximate surface area is 71.1 Å². The lowest BCUT2D eigenvalue weighted by molar-refractivity contribution is -0.136. The van der Waals surface area contributed by atoms with Crippen molar-refractivity contribution in [3.8, 4) is 0 Å². The molecule has 0 aliphatic rings. The zero-order valence-corrected chi connectivity index (χ0v) is 7.16. The number of nitrogens with zero attached hydrogens (tertiary/aromatic N) is 1. The number of aliphatic carboxylic acids is 1. The molecular formula is C9H11NO2. The van der Waals surface area contributed by atoms with Crippen LogP contribution in [0.3, 0.4) is 0 Å². The number of carboxylic acids is 1. The van der Waals surface area contributed by atoms with Crippen molar-refractivity contribution in [2.24, 2.45) is 0 Å². The number of carboxylic acid groups (broad SMARTS) is 1. The van der Waals surface area contributed by atoms with Crippen LogP contribution in [0.4, 0.5) is 0 Å². The van der Waals surface area contributed by atoms with Gasteiger partial charge in [-0.2, -0.15) is 0 Å². The Hall–Kier alpha value is -1.38. The van der Waals surface area contributed by atoms with Crippen LogP contribution in [-0.2, 0) is 11.2 Å². The lowest BCUT2D eigenvalue weighted by Crippen LogP contribution is -2.04. The van der Waals surface area contributed by atoms with Gasteiger partial charge in [0.05, 0.1) is 12.1 Å². The van der Waals surface area contributed by atoms with E-state index in [0.29, 0.717) is 5.69 Å². The van der Waals surface area contributed by atoms with E-state index < -0.39 is 5.97 Å². The molecule has 1 rings (SSSR count). The maximum Gasteiger partial charge on any atom is 0.309 e. The number of hydrogen-bond acceptors (Lipinski definition) is 2. The van der Waals surface area contributed by atoms with Gasteiger partial charge in [-0.1, -0.05) is 6.07 Å². The van der Waals surface area contributed by atoms with E-state index in [4.69, 9.17) is 5.11 Å². The molecule has 0 fully saturated rings. The molecule has 0 aliphatic carbocycles. The van der Waals surface area contributed by atoms with Crippen LogP contribution in [0.2, 0.25) is 0 Å². The molecule has 1 aromatic heterocycles. The first kappa shape index (κ1) is 8.71. The third-order valence-corrected chi connectivity index (χ3v) is 1.66. The van der Waals surface area contributed by atoms with E-state index >= 15 is 0 Å². The molecule has 0 bridgehead atoms. The second-order valence-corrected chi connectivity index (χ2v) is 2.79. The number of hydrogen-bond donors (Lipinski definition) is 1. The maximum absolute atomic E-state index is 10.4. The maximum atomic E-state index is 10.4. The highest BCUT2D eigenvalue weighted by Gasteiger charge is 2.04. The number of aromatic nitrogens is 1. The Kier molecular flexibility index (Phi) is 2.43. The minimum atomic E-state index is -0.837. The van der Waals surface area contributed by atoms with Crippen LogP contribution in [-0.4, -0.2) is 16.1 Å². The van der Waals surface area contributed by atoms with E-state index in [0.717, 1.165) is 11.3 Å². The van der Waals surface area contributed by atoms with Gasteiger partial charge in [0.15, 0.2) is 0 Å². The summed E-state index contributed by atoms with van der Waals surface area (Å²) in [6, 6.07) is 3.77. The van der Waals surface area contributed by atoms with E-state index in [1.54, 1.807) is 0 Å². The van der Waals surface area contributed by atoms with Gasteiger partial charge in [0, 0.05) is 5.69 Å². The van der Waals surface area contributed by atoms with Crippen molar-refractivity contribution in [1.82, 2.24) is 4.98 Å². The molecule has 64 valence electrons. The summed E-state index contributed by atoms with van der Waals surface area (Å²) in [5.41, 5.74) is 2.45. The van der Waals surface area contributed by atoms with Gasteiger partial charge in [-0.25, -0.2) is 0 Å². The number of rotatable bonds is 2. The largest absolute Gasteiger partial charge is 0.481 e. The van der Waals surface area contributed by atoms with Crippen LogP contribution in [0.15, 0.2) is 12.1 Å². The van der Waals surface area contributed by atoms with Gasteiger partial charge in [-0.05, 0) is 25.5 Å². The van der Waals surface area contributed by atoms with Crippen LogP contribution >= 0.6 is 0 Å². The summed E-state index contributed by atoms with van der Waals surface area (Å²) < 4.78 is 0. The van der Waals surface area contributed by atoms with Crippen LogP contribution in [0.5, 0.6) is 0 Å². The van der Waals surface area contributed by atoms with E-state index in [9.17, 15) is 4.79 Å². The Bertz CT molecular complexity index is 307. The summed E-state index contributed by atoms with van der Waals surface area (Å²) in [7, 11) is 0. The van der Waals surface area contributed by atoms with Crippen LogP contribution in [0.25, 0.3) is 0 Å². The third-order valence-electron chi connectivity index (χ3n) is 1.66. The molecule has 0 radical (unpaired) electrons. The lowest BCUT2D eigenvalue weighted by atomic mass is 10.1. The van der Waals surface area contributed by atoms with Crippen LogP contribution in [0, 0.1) is 13.8 Å². The second kappa shape index (κ2) is 3.34. The zero-order valence-electron chi connectivity index (χ0n) is 7.16. The highest BCUT2D eigenvalue weighted by atomic mass is 16.4. The standard InChI is InChI=1S/C9H11NO2/c1-6-3-4-7(2)10-8(6)5-9(11)12/h3-4H,5H2,1-2H3,(H,11,12). The van der Waals surface area contributed by atoms with Crippen molar-refractivity contribution >= 4 is 5.97 Å². The average molecular weight is 165 g/mol. The van der Waals surface area contributed by atoms with Gasteiger partial charge in [0.25, 0.3) is 0 Å². The van der Waals surface area contributed by atoms with Crippen molar-refractivity contribution in [3.05, 3.63) is 29.1 Å². The van der Waals surface area contributed by atoms with Gasteiger partial charge >= 0.3 is 5.97 Å². The van der Waals surface area contributed by atoms with Crippen molar-refractivity contribution in [2.75, 3.05) is 0 Å². The minimum absolute atomic E-state index is 0.00745. The highest BCUT2D eigenvalue weighted by molar-refractivity contribution is 5.70. The van der Waals surface area contributed by atoms with E-state index in [1.807, 2.05) is 26.0 Å². The minimum Gasteiger partial charge on any atom is -0.481 e. The predicted molar refractivity (Wildman–Crippen MR) is 45.1 cm³/mol. The molecule has 1 aromatic rings.